The number of aromatic nitrogens is 2. The van der Waals surface area contributed by atoms with Crippen LogP contribution in [0, 0.1) is 27.7 Å². The summed E-state index contributed by atoms with van der Waals surface area (Å²) in [6.45, 7) is 14.5. The summed E-state index contributed by atoms with van der Waals surface area (Å²) in [4.78, 5) is 10.3. The third-order valence-corrected chi connectivity index (χ3v) is 7.97. The van der Waals surface area contributed by atoms with E-state index in [1.165, 1.54) is 16.7 Å². The quantitative estimate of drug-likeness (QED) is 0.150. The van der Waals surface area contributed by atoms with E-state index in [1.807, 2.05) is 18.7 Å². The normalized spacial score (nSPS) is 15.3. The van der Waals surface area contributed by atoms with Crippen molar-refractivity contribution in [3.8, 4) is 0 Å². The maximum atomic E-state index is 13.8. The second-order valence-corrected chi connectivity index (χ2v) is 11.9. The van der Waals surface area contributed by atoms with Crippen LogP contribution in [0.1, 0.15) is 45.5 Å². The summed E-state index contributed by atoms with van der Waals surface area (Å²) < 4.78 is 47.9. The molecule has 9 heteroatoms. The van der Waals surface area contributed by atoms with Crippen LogP contribution in [0.4, 0.5) is 19.0 Å². The van der Waals surface area contributed by atoms with Crippen LogP contribution in [0.25, 0.3) is 0 Å². The minimum Gasteiger partial charge on any atom is -0.370 e. The third kappa shape index (κ3) is 8.21. The van der Waals surface area contributed by atoms with Gasteiger partial charge in [-0.1, -0.05) is 70.4 Å². The van der Waals surface area contributed by atoms with E-state index in [0.29, 0.717) is 18.9 Å². The Hall–Kier alpha value is -2.62. The number of thioether (sulfide) groups is 1. The van der Waals surface area contributed by atoms with Crippen molar-refractivity contribution in [3.05, 3.63) is 81.5 Å². The zero-order chi connectivity index (χ0) is 28.9. The number of morpholine rings is 1. The van der Waals surface area contributed by atoms with Crippen LogP contribution in [0.3, 0.4) is 0 Å². The van der Waals surface area contributed by atoms with Gasteiger partial charge in [0.2, 0.25) is 0 Å². The Morgan fingerprint density at radius 2 is 1.43 bits per heavy atom. The summed E-state index contributed by atoms with van der Waals surface area (Å²) in [6, 6.07) is 14.1. The topological polar surface area (TPSA) is 38.2 Å². The maximum absolute atomic E-state index is 13.8. The first kappa shape index (κ1) is 30.3. The molecule has 5 nitrogen and oxygen atoms in total. The number of quaternary nitrogens is 1. The van der Waals surface area contributed by atoms with Gasteiger partial charge in [0.05, 0.1) is 19.8 Å². The molecule has 1 aliphatic heterocycles. The number of anilines is 1. The predicted molar refractivity (Wildman–Crippen MR) is 156 cm³/mol. The number of halogens is 3. The highest BCUT2D eigenvalue weighted by molar-refractivity contribution is 7.98. The molecular weight excluding hydrogens is 533 g/mol. The van der Waals surface area contributed by atoms with Crippen LogP contribution < -0.4 is 4.90 Å². The van der Waals surface area contributed by atoms with Crippen LogP contribution in [0.15, 0.2) is 47.6 Å². The number of alkyl halides is 3. The van der Waals surface area contributed by atoms with Crippen molar-refractivity contribution >= 4 is 17.6 Å². The van der Waals surface area contributed by atoms with Gasteiger partial charge >= 0.3 is 6.18 Å². The zero-order valence-electron chi connectivity index (χ0n) is 24.1. The summed E-state index contributed by atoms with van der Waals surface area (Å²) in [5.74, 6) is 0.314. The number of benzene rings is 2. The monoisotopic (exact) mass is 573 g/mol. The lowest BCUT2D eigenvalue weighted by Crippen LogP contribution is -2.55. The Kier molecular flexibility index (Phi) is 9.80. The second-order valence-electron chi connectivity index (χ2n) is 11.1. The van der Waals surface area contributed by atoms with Crippen LogP contribution in [-0.2, 0) is 24.0 Å². The molecule has 0 atom stereocenters. The fourth-order valence-electron chi connectivity index (χ4n) is 5.80. The van der Waals surface area contributed by atoms with Gasteiger partial charge in [-0.2, -0.15) is 13.2 Å². The van der Waals surface area contributed by atoms with Crippen LogP contribution in [-0.4, -0.2) is 60.1 Å². The molecule has 216 valence electrons. The molecule has 0 aliphatic carbocycles. The number of hydrogen-bond donors (Lipinski definition) is 0. The van der Waals surface area contributed by atoms with E-state index < -0.39 is 11.9 Å². The number of rotatable bonds is 10. The molecule has 4 rings (SSSR count). The molecule has 1 fully saturated rings. The average molecular weight is 574 g/mol. The van der Waals surface area contributed by atoms with Crippen molar-refractivity contribution < 1.29 is 22.4 Å². The van der Waals surface area contributed by atoms with Gasteiger partial charge in [-0.15, -0.1) is 0 Å². The Bertz CT molecular complexity index is 1270. The van der Waals surface area contributed by atoms with Crippen molar-refractivity contribution in [1.82, 2.24) is 9.97 Å². The van der Waals surface area contributed by atoms with Crippen molar-refractivity contribution in [2.75, 3.05) is 50.5 Å². The smallest absolute Gasteiger partial charge is 0.370 e. The van der Waals surface area contributed by atoms with Gasteiger partial charge in [0.15, 0.2) is 10.9 Å². The highest BCUT2D eigenvalue weighted by Gasteiger charge is 2.35. The Labute approximate surface area is 240 Å². The molecule has 0 amide bonds. The second kappa shape index (κ2) is 12.9. The largest absolute Gasteiger partial charge is 0.433 e. The SMILES string of the molecule is CSc1nc(N(CCC[N+]2(Cc3cc(C)cc(C)c3)CCOCC2)Cc2cc(C)cc(C)c2)cc(C(F)(F)F)n1. The molecule has 1 aliphatic rings. The zero-order valence-corrected chi connectivity index (χ0v) is 25.0. The van der Waals surface area contributed by atoms with Gasteiger partial charge in [0.25, 0.3) is 0 Å². The summed E-state index contributed by atoms with van der Waals surface area (Å²) in [6.07, 6.45) is -2.02. The van der Waals surface area contributed by atoms with E-state index in [0.717, 1.165) is 84.8 Å². The van der Waals surface area contributed by atoms with Crippen LogP contribution in [0.2, 0.25) is 0 Å². The summed E-state index contributed by atoms with van der Waals surface area (Å²) in [7, 11) is 0. The maximum Gasteiger partial charge on any atom is 0.433 e. The molecule has 0 bridgehead atoms. The van der Waals surface area contributed by atoms with E-state index in [1.54, 1.807) is 6.26 Å². The molecule has 0 radical (unpaired) electrons. The molecule has 0 unspecified atom stereocenters. The molecule has 0 saturated carbocycles. The first-order valence-corrected chi connectivity index (χ1v) is 15.0. The molecule has 0 spiro atoms. The molecule has 1 saturated heterocycles. The highest BCUT2D eigenvalue weighted by Crippen LogP contribution is 2.32. The molecule has 40 heavy (non-hydrogen) atoms. The molecule has 1 aromatic heterocycles. The van der Waals surface area contributed by atoms with Gasteiger partial charge in [0.1, 0.15) is 25.5 Å². The highest BCUT2D eigenvalue weighted by atomic mass is 32.2. The van der Waals surface area contributed by atoms with E-state index >= 15 is 0 Å². The lowest BCUT2D eigenvalue weighted by molar-refractivity contribution is -0.947. The summed E-state index contributed by atoms with van der Waals surface area (Å²) >= 11 is 1.13. The lowest BCUT2D eigenvalue weighted by atomic mass is 10.1. The minimum atomic E-state index is -4.54. The number of hydrogen-bond acceptors (Lipinski definition) is 5. The molecule has 2 aromatic carbocycles. The van der Waals surface area contributed by atoms with Crippen molar-refractivity contribution in [1.29, 1.82) is 0 Å². The van der Waals surface area contributed by atoms with Gasteiger partial charge in [-0.25, -0.2) is 9.97 Å². The van der Waals surface area contributed by atoms with Crippen molar-refractivity contribution in [2.24, 2.45) is 0 Å². The standard InChI is InChI=1S/C31H40F3N4OS/c1-22-13-23(2)16-26(15-22)20-37(29-19-28(31(32,33)34)35-30(36-29)40-5)7-6-8-38(9-11-39-12-10-38)21-27-17-24(3)14-25(4)18-27/h13-19H,6-12,20-21H2,1-5H3/q+1. The Balaban J connectivity index is 1.60. The van der Waals surface area contributed by atoms with Crippen molar-refractivity contribution in [2.45, 2.75) is 58.5 Å². The van der Waals surface area contributed by atoms with Gasteiger partial charge in [0, 0.05) is 31.1 Å². The average Bonchev–Trinajstić information content (AvgIpc) is 2.86. The van der Waals surface area contributed by atoms with E-state index in [4.69, 9.17) is 4.74 Å². The predicted octanol–water partition coefficient (Wildman–Crippen LogP) is 6.89. The first-order chi connectivity index (χ1) is 18.9. The molecule has 0 N–H and O–H groups in total. The fraction of sp³-hybridized carbons (Fsp3) is 0.484. The summed E-state index contributed by atoms with van der Waals surface area (Å²) in [5.41, 5.74) is 6.25. The van der Waals surface area contributed by atoms with Gasteiger partial charge < -0.3 is 14.1 Å². The molecule has 2 heterocycles. The van der Waals surface area contributed by atoms with E-state index in [9.17, 15) is 13.2 Å². The van der Waals surface area contributed by atoms with Crippen molar-refractivity contribution in [3.63, 3.8) is 0 Å². The first-order valence-electron chi connectivity index (χ1n) is 13.8. The minimum absolute atomic E-state index is 0.127. The molecule has 3 aromatic rings. The third-order valence-electron chi connectivity index (χ3n) is 7.42. The van der Waals surface area contributed by atoms with E-state index in [2.05, 4.69) is 60.2 Å². The van der Waals surface area contributed by atoms with Gasteiger partial charge in [-0.3, -0.25) is 0 Å². The summed E-state index contributed by atoms with van der Waals surface area (Å²) in [5, 5.41) is 0.127. The van der Waals surface area contributed by atoms with Crippen LogP contribution >= 0.6 is 11.8 Å². The number of aryl methyl sites for hydroxylation is 4. The molecular formula is C31H40F3N4OS+. The Morgan fingerprint density at radius 3 is 1.98 bits per heavy atom. The number of ether oxygens (including phenoxy) is 1. The fourth-order valence-corrected chi connectivity index (χ4v) is 6.18. The lowest BCUT2D eigenvalue weighted by Gasteiger charge is -2.42. The number of nitrogens with zero attached hydrogens (tertiary/aromatic N) is 4. The van der Waals surface area contributed by atoms with Crippen LogP contribution in [0.5, 0.6) is 0 Å². The Morgan fingerprint density at radius 1 is 0.850 bits per heavy atom. The van der Waals surface area contributed by atoms with E-state index in [-0.39, 0.29) is 5.16 Å². The van der Waals surface area contributed by atoms with Gasteiger partial charge in [-0.05, 0) is 39.5 Å².